The van der Waals surface area contributed by atoms with Crippen molar-refractivity contribution in [1.82, 2.24) is 19.4 Å². The minimum atomic E-state index is -3.74. The zero-order chi connectivity index (χ0) is 31.5. The third kappa shape index (κ3) is 6.90. The number of carbonyl (C=O) groups excluding carboxylic acids is 2. The predicted molar refractivity (Wildman–Crippen MR) is 166 cm³/mol. The Kier molecular flexibility index (Phi) is 9.29. The van der Waals surface area contributed by atoms with E-state index in [0.29, 0.717) is 38.3 Å². The van der Waals surface area contributed by atoms with E-state index >= 15 is 0 Å². The molecule has 44 heavy (non-hydrogen) atoms. The fourth-order valence-electron chi connectivity index (χ4n) is 5.97. The number of hydrogen-bond donors (Lipinski definition) is 1. The van der Waals surface area contributed by atoms with Crippen LogP contribution in [0.25, 0.3) is 0 Å². The summed E-state index contributed by atoms with van der Waals surface area (Å²) in [5, 5.41) is 7.99. The number of fused-ring (bicyclic) bond motifs is 1. The molecule has 236 valence electrons. The minimum absolute atomic E-state index is 0.0610. The lowest BCUT2D eigenvalue weighted by Gasteiger charge is -2.36. The van der Waals surface area contributed by atoms with Crippen LogP contribution in [-0.2, 0) is 45.4 Å². The summed E-state index contributed by atoms with van der Waals surface area (Å²) in [7, 11) is -2.21. The highest BCUT2D eigenvalue weighted by atomic mass is 32.2. The van der Waals surface area contributed by atoms with E-state index in [1.165, 1.54) is 35.6 Å². The number of benzene rings is 2. The van der Waals surface area contributed by atoms with Crippen LogP contribution in [0.4, 0.5) is 0 Å². The number of sulfonamides is 1. The zero-order valence-corrected chi connectivity index (χ0v) is 26.8. The molecule has 1 saturated heterocycles. The first-order valence-corrected chi connectivity index (χ1v) is 16.6. The van der Waals surface area contributed by atoms with Crippen LogP contribution in [-0.4, -0.2) is 67.8 Å². The van der Waals surface area contributed by atoms with Crippen molar-refractivity contribution in [2.24, 2.45) is 10.8 Å². The van der Waals surface area contributed by atoms with E-state index in [-0.39, 0.29) is 34.9 Å². The molecule has 0 saturated carbocycles. The molecular formula is C33H42N4O6S. The lowest BCUT2D eigenvalue weighted by Crippen LogP contribution is -2.41. The maximum absolute atomic E-state index is 13.2. The molecule has 11 heteroatoms. The predicted octanol–water partition coefficient (Wildman–Crippen LogP) is 4.23. The van der Waals surface area contributed by atoms with Crippen LogP contribution in [0, 0.1) is 10.8 Å². The third-order valence-corrected chi connectivity index (χ3v) is 10.4. The van der Waals surface area contributed by atoms with E-state index in [9.17, 15) is 18.0 Å². The third-order valence-electron chi connectivity index (χ3n) is 8.63. The Morgan fingerprint density at radius 1 is 1.11 bits per heavy atom. The topological polar surface area (TPSA) is 120 Å². The molecule has 5 rings (SSSR count). The van der Waals surface area contributed by atoms with Gasteiger partial charge in [0.25, 0.3) is 5.91 Å². The Bertz CT molecular complexity index is 1590. The highest BCUT2D eigenvalue weighted by Crippen LogP contribution is 2.38. The maximum atomic E-state index is 13.2. The van der Waals surface area contributed by atoms with Crippen LogP contribution in [0.5, 0.6) is 0 Å². The van der Waals surface area contributed by atoms with E-state index in [4.69, 9.17) is 14.6 Å². The lowest BCUT2D eigenvalue weighted by molar-refractivity contribution is 0.0145. The van der Waals surface area contributed by atoms with Gasteiger partial charge in [0.15, 0.2) is 0 Å². The van der Waals surface area contributed by atoms with E-state index in [0.717, 1.165) is 36.2 Å². The first kappa shape index (κ1) is 31.9. The first-order valence-electron chi connectivity index (χ1n) is 15.2. The van der Waals surface area contributed by atoms with Gasteiger partial charge in [-0.3, -0.25) is 9.48 Å². The number of hydrogen-bond acceptors (Lipinski definition) is 7. The minimum Gasteiger partial charge on any atom is -0.461 e. The van der Waals surface area contributed by atoms with Gasteiger partial charge in [-0.1, -0.05) is 51.1 Å². The fraction of sp³-hybridized carbons (Fsp3) is 0.485. The lowest BCUT2D eigenvalue weighted by atomic mass is 9.76. The van der Waals surface area contributed by atoms with Crippen molar-refractivity contribution in [3.63, 3.8) is 0 Å². The molecule has 1 fully saturated rings. The molecule has 1 spiro atoms. The molecule has 0 radical (unpaired) electrons. The van der Waals surface area contributed by atoms with Crippen LogP contribution in [0.1, 0.15) is 71.3 Å². The largest absolute Gasteiger partial charge is 0.461 e. The van der Waals surface area contributed by atoms with Crippen LogP contribution in [0.2, 0.25) is 0 Å². The average Bonchev–Trinajstić information content (AvgIpc) is 3.28. The van der Waals surface area contributed by atoms with Crippen molar-refractivity contribution in [3.05, 3.63) is 82.7 Å². The highest BCUT2D eigenvalue weighted by molar-refractivity contribution is 7.89. The Hall–Kier alpha value is -3.54. The van der Waals surface area contributed by atoms with E-state index < -0.39 is 21.4 Å². The van der Waals surface area contributed by atoms with Crippen molar-refractivity contribution in [1.29, 1.82) is 0 Å². The molecule has 3 aromatic rings. The van der Waals surface area contributed by atoms with Crippen molar-refractivity contribution < 1.29 is 27.5 Å². The number of nitrogens with zero attached hydrogens (tertiary/aromatic N) is 3. The molecule has 2 aromatic carbocycles. The van der Waals surface area contributed by atoms with Crippen molar-refractivity contribution >= 4 is 21.9 Å². The molecule has 1 amide bonds. The number of carbonyl (C=O) groups is 2. The molecule has 10 nitrogen and oxygen atoms in total. The number of aromatic nitrogens is 2. The fourth-order valence-corrected chi connectivity index (χ4v) is 7.13. The normalized spacial score (nSPS) is 16.8. The monoisotopic (exact) mass is 622 g/mol. The smallest absolute Gasteiger partial charge is 0.338 e. The molecule has 0 bridgehead atoms. The van der Waals surface area contributed by atoms with Crippen molar-refractivity contribution in [2.75, 3.05) is 33.4 Å². The summed E-state index contributed by atoms with van der Waals surface area (Å²) in [5.41, 5.74) is 2.98. The molecule has 1 N–H and O–H groups in total. The van der Waals surface area contributed by atoms with E-state index in [1.54, 1.807) is 0 Å². The quantitative estimate of drug-likeness (QED) is 0.336. The summed E-state index contributed by atoms with van der Waals surface area (Å²) in [6.07, 6.45) is 3.14. The van der Waals surface area contributed by atoms with Gasteiger partial charge in [-0.05, 0) is 60.9 Å². The number of ether oxygens (including phenoxy) is 2. The number of aryl methyl sites for hydroxylation is 1. The number of rotatable bonds is 10. The molecular weight excluding hydrogens is 580 g/mol. The van der Waals surface area contributed by atoms with Gasteiger partial charge < -0.3 is 14.8 Å². The molecule has 0 unspecified atom stereocenters. The van der Waals surface area contributed by atoms with Gasteiger partial charge in [-0.15, -0.1) is 0 Å². The molecule has 0 atom stereocenters. The molecule has 1 aromatic heterocycles. The SMILES string of the molecule is CCc1nn(CC(C)(C)COC(=O)c2ccc(S(=O)(=O)N(C)Cc3ccccc3)cc2)c2c1C(=O)NCC1(CCOCC1)C2. The van der Waals surface area contributed by atoms with Gasteiger partial charge >= 0.3 is 5.97 Å². The Balaban J connectivity index is 1.25. The van der Waals surface area contributed by atoms with Crippen LogP contribution in [0.3, 0.4) is 0 Å². The Morgan fingerprint density at radius 3 is 2.45 bits per heavy atom. The zero-order valence-electron chi connectivity index (χ0n) is 26.0. The van der Waals surface area contributed by atoms with Crippen LogP contribution < -0.4 is 5.32 Å². The van der Waals surface area contributed by atoms with Gasteiger partial charge in [0.05, 0.1) is 34.0 Å². The van der Waals surface area contributed by atoms with Crippen molar-refractivity contribution in [3.8, 4) is 0 Å². The average molecular weight is 623 g/mol. The maximum Gasteiger partial charge on any atom is 0.338 e. The number of nitrogens with one attached hydrogen (secondary N) is 1. The van der Waals surface area contributed by atoms with Crippen LogP contribution in [0.15, 0.2) is 59.5 Å². The molecule has 2 aliphatic heterocycles. The summed E-state index contributed by atoms with van der Waals surface area (Å²) in [4.78, 5) is 26.2. The second kappa shape index (κ2) is 12.8. The summed E-state index contributed by atoms with van der Waals surface area (Å²) in [6.45, 7) is 8.80. The van der Waals surface area contributed by atoms with Crippen LogP contribution >= 0.6 is 0 Å². The van der Waals surface area contributed by atoms with Gasteiger partial charge in [-0.2, -0.15) is 9.40 Å². The van der Waals surface area contributed by atoms with Gasteiger partial charge in [-0.25, -0.2) is 13.2 Å². The Morgan fingerprint density at radius 2 is 1.80 bits per heavy atom. The van der Waals surface area contributed by atoms with Gasteiger partial charge in [0, 0.05) is 45.3 Å². The second-order valence-electron chi connectivity index (χ2n) is 12.8. The van der Waals surface area contributed by atoms with Crippen molar-refractivity contribution in [2.45, 2.75) is 64.4 Å². The summed E-state index contributed by atoms with van der Waals surface area (Å²) in [5.74, 6) is -0.610. The van der Waals surface area contributed by atoms with E-state index in [2.05, 4.69) is 5.32 Å². The standard InChI is InChI=1S/C33H42N4O6S/c1-5-27-29-28(19-33(21-34-30(29)38)15-17-42-18-16-33)37(35-27)22-32(2,3)23-43-31(39)25-11-13-26(14-12-25)44(40,41)36(4)20-24-9-7-6-8-10-24/h6-14H,5,15-23H2,1-4H3,(H,34,38). The summed E-state index contributed by atoms with van der Waals surface area (Å²) < 4.78 is 40.7. The summed E-state index contributed by atoms with van der Waals surface area (Å²) in [6, 6.07) is 15.2. The first-order chi connectivity index (χ1) is 20.9. The highest BCUT2D eigenvalue weighted by Gasteiger charge is 2.40. The number of esters is 1. The van der Waals surface area contributed by atoms with Gasteiger partial charge in [0.1, 0.15) is 0 Å². The van der Waals surface area contributed by atoms with E-state index in [1.807, 2.05) is 55.8 Å². The second-order valence-corrected chi connectivity index (χ2v) is 14.8. The Labute approximate surface area is 259 Å². The molecule has 0 aliphatic carbocycles. The number of amides is 1. The molecule has 2 aliphatic rings. The molecule has 3 heterocycles. The summed E-state index contributed by atoms with van der Waals surface area (Å²) >= 11 is 0. The van der Waals surface area contributed by atoms with Gasteiger partial charge in [0.2, 0.25) is 10.0 Å².